The Hall–Kier alpha value is -2.25. The number of hydrogen-bond acceptors (Lipinski definition) is 3. The van der Waals surface area contributed by atoms with Crippen LogP contribution < -0.4 is 10.2 Å². The van der Waals surface area contributed by atoms with E-state index in [1.165, 1.54) is 12.1 Å². The molecule has 1 heterocycles. The summed E-state index contributed by atoms with van der Waals surface area (Å²) in [6, 6.07) is 11.6. The molecule has 0 aromatic heterocycles. The topological polar surface area (TPSA) is 52.7 Å². The molecule has 1 aliphatic heterocycles. The third-order valence-electron chi connectivity index (χ3n) is 4.49. The number of fused-ring (bicyclic) bond motifs is 1. The van der Waals surface area contributed by atoms with E-state index in [0.717, 1.165) is 5.56 Å². The number of carbonyl (C=O) groups is 2. The molecule has 0 saturated heterocycles. The van der Waals surface area contributed by atoms with E-state index in [2.05, 4.69) is 21.2 Å². The lowest BCUT2D eigenvalue weighted by molar-refractivity contribution is -0.120. The van der Waals surface area contributed by atoms with Crippen molar-refractivity contribution in [2.75, 3.05) is 23.8 Å². The molecule has 0 bridgehead atoms. The van der Waals surface area contributed by atoms with Gasteiger partial charge in [-0.1, -0.05) is 34.1 Å². The number of rotatable bonds is 4. The molecule has 27 heavy (non-hydrogen) atoms. The van der Waals surface area contributed by atoms with Crippen molar-refractivity contribution in [2.24, 2.45) is 0 Å². The largest absolute Gasteiger partial charge is 0.324 e. The summed E-state index contributed by atoms with van der Waals surface area (Å²) < 4.78 is 13.9. The molecule has 2 aromatic rings. The van der Waals surface area contributed by atoms with E-state index in [1.54, 1.807) is 17.0 Å². The Labute approximate surface area is 166 Å². The fourth-order valence-corrected chi connectivity index (χ4v) is 3.75. The van der Waals surface area contributed by atoms with Gasteiger partial charge in [-0.2, -0.15) is 0 Å². The number of likely N-dealkylation sites (N-methyl/N-ethyl adjacent to an activating group) is 1. The quantitative estimate of drug-likeness (QED) is 0.797. The summed E-state index contributed by atoms with van der Waals surface area (Å²) in [6.07, 6.45) is 0.244. The number of carbonyl (C=O) groups excluding carboxylic acids is 2. The van der Waals surface area contributed by atoms with Gasteiger partial charge >= 0.3 is 0 Å². The lowest BCUT2D eigenvalue weighted by atomic mass is 10.1. The van der Waals surface area contributed by atoms with Crippen LogP contribution in [-0.4, -0.2) is 36.3 Å². The van der Waals surface area contributed by atoms with Gasteiger partial charge in [0.15, 0.2) is 0 Å². The van der Waals surface area contributed by atoms with Crippen LogP contribution in [0.4, 0.5) is 15.8 Å². The van der Waals surface area contributed by atoms with Gasteiger partial charge in [-0.05, 0) is 43.8 Å². The van der Waals surface area contributed by atoms with Crippen LogP contribution in [0.3, 0.4) is 0 Å². The fraction of sp³-hybridized carbons (Fsp3) is 0.300. The highest BCUT2D eigenvalue weighted by molar-refractivity contribution is 9.10. The first-order valence-corrected chi connectivity index (χ1v) is 9.48. The first kappa shape index (κ1) is 19.5. The van der Waals surface area contributed by atoms with Crippen LogP contribution >= 0.6 is 15.9 Å². The Morgan fingerprint density at radius 1 is 1.33 bits per heavy atom. The zero-order chi connectivity index (χ0) is 19.6. The molecule has 1 aliphatic rings. The first-order valence-electron chi connectivity index (χ1n) is 8.68. The number of nitrogens with zero attached hydrogens (tertiary/aromatic N) is 2. The maximum absolute atomic E-state index is 13.3. The van der Waals surface area contributed by atoms with E-state index in [0.29, 0.717) is 22.4 Å². The standard InChI is InChI=1S/C20H21BrFN3O2/c1-13-9-19(26)23-17-5-3-4-6-18(17)25(13)20(27)12-24(2)11-14-7-8-15(22)10-16(14)21/h3-8,10,13H,9,11-12H2,1-2H3,(H,23,26). The number of para-hydroxylation sites is 2. The van der Waals surface area contributed by atoms with Crippen molar-refractivity contribution in [3.05, 3.63) is 58.3 Å². The van der Waals surface area contributed by atoms with E-state index in [1.807, 2.05) is 37.1 Å². The summed E-state index contributed by atoms with van der Waals surface area (Å²) in [6.45, 7) is 2.54. The van der Waals surface area contributed by atoms with Crippen molar-refractivity contribution < 1.29 is 14.0 Å². The Balaban J connectivity index is 1.77. The van der Waals surface area contributed by atoms with Crippen molar-refractivity contribution >= 4 is 39.1 Å². The Morgan fingerprint density at radius 2 is 2.07 bits per heavy atom. The van der Waals surface area contributed by atoms with E-state index in [-0.39, 0.29) is 36.6 Å². The first-order chi connectivity index (χ1) is 12.8. The van der Waals surface area contributed by atoms with Crippen LogP contribution in [0.25, 0.3) is 0 Å². The summed E-state index contributed by atoms with van der Waals surface area (Å²) in [4.78, 5) is 28.7. The van der Waals surface area contributed by atoms with E-state index in [4.69, 9.17) is 0 Å². The number of hydrogen-bond donors (Lipinski definition) is 1. The normalized spacial score (nSPS) is 16.7. The van der Waals surface area contributed by atoms with Crippen molar-refractivity contribution in [3.8, 4) is 0 Å². The van der Waals surface area contributed by atoms with Crippen molar-refractivity contribution in [2.45, 2.75) is 25.9 Å². The second-order valence-corrected chi connectivity index (χ2v) is 7.64. The number of benzene rings is 2. The van der Waals surface area contributed by atoms with E-state index in [9.17, 15) is 14.0 Å². The predicted octanol–water partition coefficient (Wildman–Crippen LogP) is 3.78. The van der Waals surface area contributed by atoms with Crippen LogP contribution in [0.15, 0.2) is 46.9 Å². The van der Waals surface area contributed by atoms with Gasteiger partial charge in [0.25, 0.3) is 0 Å². The van der Waals surface area contributed by atoms with Crippen LogP contribution in [0, 0.1) is 5.82 Å². The Bertz CT molecular complexity index is 874. The summed E-state index contributed by atoms with van der Waals surface area (Å²) in [5.41, 5.74) is 2.24. The monoisotopic (exact) mass is 433 g/mol. The van der Waals surface area contributed by atoms with Gasteiger partial charge in [0.2, 0.25) is 11.8 Å². The molecule has 142 valence electrons. The highest BCUT2D eigenvalue weighted by Crippen LogP contribution is 2.31. The van der Waals surface area contributed by atoms with Crippen LogP contribution in [0.5, 0.6) is 0 Å². The molecule has 0 radical (unpaired) electrons. The predicted molar refractivity (Wildman–Crippen MR) is 107 cm³/mol. The van der Waals surface area contributed by atoms with Gasteiger partial charge in [-0.3, -0.25) is 14.5 Å². The zero-order valence-electron chi connectivity index (χ0n) is 15.2. The van der Waals surface area contributed by atoms with Crippen molar-refractivity contribution in [1.29, 1.82) is 0 Å². The van der Waals surface area contributed by atoms with Crippen LogP contribution in [0.2, 0.25) is 0 Å². The summed E-state index contributed by atoms with van der Waals surface area (Å²) >= 11 is 3.36. The molecule has 0 aliphatic carbocycles. The number of amides is 2. The molecule has 0 fully saturated rings. The second-order valence-electron chi connectivity index (χ2n) is 6.79. The lowest BCUT2D eigenvalue weighted by Gasteiger charge is -2.29. The third kappa shape index (κ3) is 4.54. The van der Waals surface area contributed by atoms with Crippen LogP contribution in [0.1, 0.15) is 18.9 Å². The molecule has 0 spiro atoms. The maximum atomic E-state index is 13.3. The highest BCUT2D eigenvalue weighted by Gasteiger charge is 2.29. The number of halogens is 2. The zero-order valence-corrected chi connectivity index (χ0v) is 16.8. The van der Waals surface area contributed by atoms with Gasteiger partial charge < -0.3 is 10.2 Å². The van der Waals surface area contributed by atoms with Crippen molar-refractivity contribution in [3.63, 3.8) is 0 Å². The van der Waals surface area contributed by atoms with Gasteiger partial charge in [-0.15, -0.1) is 0 Å². The van der Waals surface area contributed by atoms with Gasteiger partial charge in [-0.25, -0.2) is 4.39 Å². The molecule has 3 rings (SSSR count). The number of anilines is 2. The second kappa shape index (κ2) is 8.19. The minimum absolute atomic E-state index is 0.0906. The smallest absolute Gasteiger partial charge is 0.241 e. The maximum Gasteiger partial charge on any atom is 0.241 e. The lowest BCUT2D eigenvalue weighted by Crippen LogP contribution is -2.44. The molecule has 2 aromatic carbocycles. The molecule has 7 heteroatoms. The van der Waals surface area contributed by atoms with Gasteiger partial charge in [0.1, 0.15) is 5.82 Å². The summed E-state index contributed by atoms with van der Waals surface area (Å²) in [5, 5.41) is 2.86. The molecule has 5 nitrogen and oxygen atoms in total. The van der Waals surface area contributed by atoms with Crippen LogP contribution in [-0.2, 0) is 16.1 Å². The molecule has 0 saturated carbocycles. The molecule has 1 N–H and O–H groups in total. The minimum Gasteiger partial charge on any atom is -0.324 e. The minimum atomic E-state index is -0.309. The molecular weight excluding hydrogens is 413 g/mol. The number of nitrogens with one attached hydrogen (secondary N) is 1. The van der Waals surface area contributed by atoms with Crippen molar-refractivity contribution in [1.82, 2.24) is 4.90 Å². The average molecular weight is 434 g/mol. The third-order valence-corrected chi connectivity index (χ3v) is 5.23. The van der Waals surface area contributed by atoms with Gasteiger partial charge in [0, 0.05) is 23.5 Å². The molecule has 1 atom stereocenters. The Morgan fingerprint density at radius 3 is 2.81 bits per heavy atom. The fourth-order valence-electron chi connectivity index (χ4n) is 3.27. The summed E-state index contributed by atoms with van der Waals surface area (Å²) in [5.74, 6) is -0.502. The molecule has 2 amide bonds. The summed E-state index contributed by atoms with van der Waals surface area (Å²) in [7, 11) is 1.84. The van der Waals surface area contributed by atoms with E-state index < -0.39 is 0 Å². The Kier molecular flexibility index (Phi) is 5.92. The highest BCUT2D eigenvalue weighted by atomic mass is 79.9. The molecule has 1 unspecified atom stereocenters. The van der Waals surface area contributed by atoms with Gasteiger partial charge in [0.05, 0.1) is 17.9 Å². The van der Waals surface area contributed by atoms with E-state index >= 15 is 0 Å². The SMILES string of the molecule is CC1CC(=O)Nc2ccccc2N1C(=O)CN(C)Cc1ccc(F)cc1Br. The average Bonchev–Trinajstić information content (AvgIpc) is 2.71. The molecular formula is C20H21BrFN3O2.